The van der Waals surface area contributed by atoms with Gasteiger partial charge in [0, 0.05) is 6.42 Å². The lowest BCUT2D eigenvalue weighted by Gasteiger charge is -2.05. The monoisotopic (exact) mass is 247 g/mol. The number of aliphatic carboxylic acids is 1. The summed E-state index contributed by atoms with van der Waals surface area (Å²) in [7, 11) is 0. The van der Waals surface area contributed by atoms with E-state index in [1.807, 2.05) is 0 Å². The molecule has 0 saturated carbocycles. The molecular weight excluding hydrogens is 238 g/mol. The Morgan fingerprint density at radius 3 is 2.73 bits per heavy atom. The van der Waals surface area contributed by atoms with Crippen molar-refractivity contribution in [2.75, 3.05) is 5.32 Å². The van der Waals surface area contributed by atoms with Crippen LogP contribution in [0.4, 0.5) is 5.00 Å². The minimum Gasteiger partial charge on any atom is -0.481 e. The lowest BCUT2D eigenvalue weighted by Crippen LogP contribution is -2.19. The van der Waals surface area contributed by atoms with Crippen LogP contribution in [0.25, 0.3) is 0 Å². The molecule has 1 unspecified atom stereocenters. The largest absolute Gasteiger partial charge is 0.481 e. The average molecular weight is 248 g/mol. The van der Waals surface area contributed by atoms with E-state index in [0.717, 1.165) is 0 Å². The van der Waals surface area contributed by atoms with Crippen molar-refractivity contribution in [1.29, 1.82) is 0 Å². The maximum absolute atomic E-state index is 11.3. The van der Waals surface area contributed by atoms with Gasteiger partial charge in [-0.1, -0.05) is 18.5 Å². The average Bonchev–Trinajstić information content (AvgIpc) is 2.50. The summed E-state index contributed by atoms with van der Waals surface area (Å²) >= 11 is 6.91. The Labute approximate surface area is 95.9 Å². The quantitative estimate of drug-likeness (QED) is 0.859. The minimum absolute atomic E-state index is 0.0369. The number of thiophene rings is 1. The fourth-order valence-corrected chi connectivity index (χ4v) is 1.89. The van der Waals surface area contributed by atoms with Crippen LogP contribution in [0.5, 0.6) is 0 Å². The molecule has 0 radical (unpaired) electrons. The van der Waals surface area contributed by atoms with Crippen molar-refractivity contribution >= 4 is 39.8 Å². The fraction of sp³-hybridized carbons (Fsp3) is 0.333. The number of carbonyl (C=O) groups excluding carboxylic acids is 1. The number of hydrogen-bond acceptors (Lipinski definition) is 3. The van der Waals surface area contributed by atoms with Gasteiger partial charge >= 0.3 is 5.97 Å². The Balaban J connectivity index is 2.46. The molecule has 0 saturated heterocycles. The third-order valence-corrected chi connectivity index (χ3v) is 2.90. The van der Waals surface area contributed by atoms with Crippen molar-refractivity contribution in [3.8, 4) is 0 Å². The Kier molecular flexibility index (Phi) is 4.11. The third-order valence-electron chi connectivity index (χ3n) is 1.75. The first kappa shape index (κ1) is 12.0. The van der Waals surface area contributed by atoms with Crippen molar-refractivity contribution < 1.29 is 14.7 Å². The highest BCUT2D eigenvalue weighted by atomic mass is 35.5. The van der Waals surface area contributed by atoms with E-state index in [0.29, 0.717) is 9.34 Å². The molecule has 0 aliphatic heterocycles. The molecule has 0 aliphatic rings. The fourth-order valence-electron chi connectivity index (χ4n) is 0.935. The van der Waals surface area contributed by atoms with Gasteiger partial charge in [0.05, 0.1) is 15.3 Å². The van der Waals surface area contributed by atoms with Crippen LogP contribution < -0.4 is 5.32 Å². The molecule has 6 heteroatoms. The summed E-state index contributed by atoms with van der Waals surface area (Å²) < 4.78 is 0.580. The first-order chi connectivity index (χ1) is 6.99. The van der Waals surface area contributed by atoms with Crippen molar-refractivity contribution in [2.24, 2.45) is 5.92 Å². The molecule has 1 aromatic rings. The molecule has 82 valence electrons. The van der Waals surface area contributed by atoms with E-state index >= 15 is 0 Å². The highest BCUT2D eigenvalue weighted by Crippen LogP contribution is 2.26. The van der Waals surface area contributed by atoms with Crippen molar-refractivity contribution in [3.05, 3.63) is 16.5 Å². The number of rotatable bonds is 4. The molecule has 0 aromatic carbocycles. The standard InChI is InChI=1S/C9H10ClNO3S/c1-5(9(13)14)4-7(12)11-8-3-2-6(10)15-8/h2-3,5H,4H2,1H3,(H,11,12)(H,13,14). The molecule has 4 nitrogen and oxygen atoms in total. The highest BCUT2D eigenvalue weighted by molar-refractivity contribution is 7.20. The van der Waals surface area contributed by atoms with Gasteiger partial charge in [0.2, 0.25) is 5.91 Å². The van der Waals surface area contributed by atoms with E-state index in [4.69, 9.17) is 16.7 Å². The molecule has 0 bridgehead atoms. The van der Waals surface area contributed by atoms with E-state index in [9.17, 15) is 9.59 Å². The van der Waals surface area contributed by atoms with Crippen LogP contribution in [0.2, 0.25) is 4.34 Å². The molecular formula is C9H10ClNO3S. The Bertz CT molecular complexity index is 377. The minimum atomic E-state index is -0.977. The smallest absolute Gasteiger partial charge is 0.306 e. The van der Waals surface area contributed by atoms with Crippen LogP contribution >= 0.6 is 22.9 Å². The van der Waals surface area contributed by atoms with E-state index in [1.165, 1.54) is 18.3 Å². The summed E-state index contributed by atoms with van der Waals surface area (Å²) in [6, 6.07) is 3.35. The molecule has 1 heterocycles. The zero-order valence-electron chi connectivity index (χ0n) is 7.99. The SMILES string of the molecule is CC(CC(=O)Nc1ccc(Cl)s1)C(=O)O. The van der Waals surface area contributed by atoms with Gasteiger partial charge in [-0.3, -0.25) is 9.59 Å². The van der Waals surface area contributed by atoms with Crippen molar-refractivity contribution in [1.82, 2.24) is 0 Å². The zero-order chi connectivity index (χ0) is 11.4. The van der Waals surface area contributed by atoms with Crippen LogP contribution in [0, 0.1) is 5.92 Å². The first-order valence-electron chi connectivity index (χ1n) is 4.27. The van der Waals surface area contributed by atoms with Gasteiger partial charge in [0.25, 0.3) is 0 Å². The predicted molar refractivity (Wildman–Crippen MR) is 59.4 cm³/mol. The molecule has 0 aliphatic carbocycles. The second-order valence-electron chi connectivity index (χ2n) is 3.10. The summed E-state index contributed by atoms with van der Waals surface area (Å²) in [6.07, 6.45) is -0.0369. The normalized spacial score (nSPS) is 12.1. The first-order valence-corrected chi connectivity index (χ1v) is 5.46. The predicted octanol–water partition coefficient (Wildman–Crippen LogP) is 2.45. The molecule has 1 amide bonds. The van der Waals surface area contributed by atoms with Crippen LogP contribution in [0.3, 0.4) is 0 Å². The second-order valence-corrected chi connectivity index (χ2v) is 4.81. The Morgan fingerprint density at radius 1 is 1.60 bits per heavy atom. The summed E-state index contributed by atoms with van der Waals surface area (Å²) in [5.41, 5.74) is 0. The van der Waals surface area contributed by atoms with Gasteiger partial charge < -0.3 is 10.4 Å². The summed E-state index contributed by atoms with van der Waals surface area (Å²) in [4.78, 5) is 21.8. The summed E-state index contributed by atoms with van der Waals surface area (Å²) in [5, 5.41) is 11.8. The molecule has 1 rings (SSSR count). The summed E-state index contributed by atoms with van der Waals surface area (Å²) in [5.74, 6) is -1.97. The van der Waals surface area contributed by atoms with Crippen LogP contribution in [-0.4, -0.2) is 17.0 Å². The Morgan fingerprint density at radius 2 is 2.27 bits per heavy atom. The van der Waals surface area contributed by atoms with Gasteiger partial charge in [-0.05, 0) is 12.1 Å². The van der Waals surface area contributed by atoms with Gasteiger partial charge in [-0.25, -0.2) is 0 Å². The number of hydrogen-bond donors (Lipinski definition) is 2. The number of carbonyl (C=O) groups is 2. The van der Waals surface area contributed by atoms with Gasteiger partial charge in [0.1, 0.15) is 0 Å². The lowest BCUT2D eigenvalue weighted by molar-refractivity contribution is -0.142. The van der Waals surface area contributed by atoms with Crippen molar-refractivity contribution in [2.45, 2.75) is 13.3 Å². The molecule has 2 N–H and O–H groups in total. The number of amides is 1. The van der Waals surface area contributed by atoms with Crippen LogP contribution in [0.15, 0.2) is 12.1 Å². The zero-order valence-corrected chi connectivity index (χ0v) is 9.56. The van der Waals surface area contributed by atoms with Gasteiger partial charge in [-0.15, -0.1) is 11.3 Å². The number of halogens is 1. The molecule has 0 spiro atoms. The number of anilines is 1. The van der Waals surface area contributed by atoms with E-state index < -0.39 is 11.9 Å². The van der Waals surface area contributed by atoms with E-state index in [1.54, 1.807) is 12.1 Å². The molecule has 1 atom stereocenters. The maximum Gasteiger partial charge on any atom is 0.306 e. The van der Waals surface area contributed by atoms with E-state index in [-0.39, 0.29) is 12.3 Å². The van der Waals surface area contributed by atoms with Crippen molar-refractivity contribution in [3.63, 3.8) is 0 Å². The van der Waals surface area contributed by atoms with E-state index in [2.05, 4.69) is 5.32 Å². The molecule has 0 fully saturated rings. The topological polar surface area (TPSA) is 66.4 Å². The second kappa shape index (κ2) is 5.14. The number of nitrogens with one attached hydrogen (secondary N) is 1. The maximum atomic E-state index is 11.3. The van der Waals surface area contributed by atoms with Crippen LogP contribution in [0.1, 0.15) is 13.3 Å². The molecule has 1 aromatic heterocycles. The van der Waals surface area contributed by atoms with Crippen LogP contribution in [-0.2, 0) is 9.59 Å². The molecule has 15 heavy (non-hydrogen) atoms. The van der Waals surface area contributed by atoms with Gasteiger partial charge in [0.15, 0.2) is 0 Å². The Hall–Kier alpha value is -1.07. The number of carboxylic acid groups (broad SMARTS) is 1. The summed E-state index contributed by atoms with van der Waals surface area (Å²) in [6.45, 7) is 1.49. The third kappa shape index (κ3) is 3.89. The lowest BCUT2D eigenvalue weighted by atomic mass is 10.1. The highest BCUT2D eigenvalue weighted by Gasteiger charge is 2.15. The number of carboxylic acids is 1. The van der Waals surface area contributed by atoms with Gasteiger partial charge in [-0.2, -0.15) is 0 Å².